The van der Waals surface area contributed by atoms with Gasteiger partial charge in [-0.25, -0.2) is 4.98 Å². The van der Waals surface area contributed by atoms with Gasteiger partial charge in [-0.1, -0.05) is 25.4 Å². The highest BCUT2D eigenvalue weighted by molar-refractivity contribution is 6.31. The quantitative estimate of drug-likeness (QED) is 0.884. The van der Waals surface area contributed by atoms with Gasteiger partial charge in [0.15, 0.2) is 0 Å². The highest BCUT2D eigenvalue weighted by Gasteiger charge is 2.21. The molecule has 0 saturated carbocycles. The van der Waals surface area contributed by atoms with E-state index in [1.165, 1.54) is 0 Å². The van der Waals surface area contributed by atoms with Crippen molar-refractivity contribution in [3.8, 4) is 0 Å². The second kappa shape index (κ2) is 8.11. The summed E-state index contributed by atoms with van der Waals surface area (Å²) in [6.07, 6.45) is 1.77. The lowest BCUT2D eigenvalue weighted by Crippen LogP contribution is -2.34. The molecule has 1 aromatic heterocycles. The Morgan fingerprint density at radius 1 is 1.23 bits per heavy atom. The third-order valence-electron chi connectivity index (χ3n) is 3.61. The van der Waals surface area contributed by atoms with Crippen LogP contribution in [0.25, 0.3) is 10.9 Å². The third kappa shape index (κ3) is 4.18. The zero-order valence-corrected chi connectivity index (χ0v) is 13.8. The zero-order chi connectivity index (χ0) is 15.9. The second-order valence-corrected chi connectivity index (χ2v) is 5.48. The van der Waals surface area contributed by atoms with E-state index in [2.05, 4.69) is 15.6 Å². The fourth-order valence-corrected chi connectivity index (χ4v) is 2.66. The molecule has 4 nitrogen and oxygen atoms in total. The molecule has 22 heavy (non-hydrogen) atoms. The van der Waals surface area contributed by atoms with Crippen molar-refractivity contribution in [1.82, 2.24) is 10.3 Å². The summed E-state index contributed by atoms with van der Waals surface area (Å²) >= 11 is 5.94. The van der Waals surface area contributed by atoms with Crippen molar-refractivity contribution in [1.29, 1.82) is 0 Å². The number of nitrogens with zero attached hydrogens (tertiary/aromatic N) is 1. The van der Waals surface area contributed by atoms with Crippen LogP contribution in [0.3, 0.4) is 0 Å². The number of hydrogen-bond donors (Lipinski definition) is 2. The minimum atomic E-state index is 0.0623. The number of aromatic nitrogens is 1. The summed E-state index contributed by atoms with van der Waals surface area (Å²) in [5, 5.41) is 7.82. The van der Waals surface area contributed by atoms with Gasteiger partial charge in [0.25, 0.3) is 0 Å². The first-order chi connectivity index (χ1) is 10.7. The van der Waals surface area contributed by atoms with Gasteiger partial charge in [-0.3, -0.25) is 4.79 Å². The van der Waals surface area contributed by atoms with Crippen molar-refractivity contribution in [2.75, 3.05) is 18.4 Å². The second-order valence-electron chi connectivity index (χ2n) is 5.05. The van der Waals surface area contributed by atoms with E-state index in [1.807, 2.05) is 38.1 Å². The fourth-order valence-electron chi connectivity index (χ4n) is 2.48. The summed E-state index contributed by atoms with van der Waals surface area (Å²) in [6.45, 7) is 5.81. The first-order valence-corrected chi connectivity index (χ1v) is 8.18. The number of carbonyl (C=O) groups is 1. The number of halogens is 1. The summed E-state index contributed by atoms with van der Waals surface area (Å²) < 4.78 is 0. The number of nitrogens with one attached hydrogen (secondary N) is 2. The predicted octanol–water partition coefficient (Wildman–Crippen LogP) is 3.85. The smallest absolute Gasteiger partial charge is 0.228 e. The van der Waals surface area contributed by atoms with Crippen LogP contribution in [-0.4, -0.2) is 24.0 Å². The van der Waals surface area contributed by atoms with Gasteiger partial charge in [0, 0.05) is 16.3 Å². The first-order valence-electron chi connectivity index (χ1n) is 7.80. The lowest BCUT2D eigenvalue weighted by molar-refractivity contribution is -0.120. The van der Waals surface area contributed by atoms with E-state index in [0.29, 0.717) is 10.8 Å². The maximum Gasteiger partial charge on any atom is 0.228 e. The molecule has 0 spiro atoms. The number of piperidine rings is 1. The van der Waals surface area contributed by atoms with Crippen molar-refractivity contribution in [3.63, 3.8) is 0 Å². The average Bonchev–Trinajstić information content (AvgIpc) is 2.57. The zero-order valence-electron chi connectivity index (χ0n) is 13.0. The SMILES string of the molecule is CC.O=C(Nc1ccc2cc(Cl)ccc2n1)C1CCNCC1. The van der Waals surface area contributed by atoms with Crippen LogP contribution >= 0.6 is 11.6 Å². The van der Waals surface area contributed by atoms with E-state index >= 15 is 0 Å². The van der Waals surface area contributed by atoms with Gasteiger partial charge in [0.2, 0.25) is 5.91 Å². The maximum atomic E-state index is 12.2. The molecular formula is C17H22ClN3O. The van der Waals surface area contributed by atoms with E-state index in [1.54, 1.807) is 6.07 Å². The summed E-state index contributed by atoms with van der Waals surface area (Å²) in [5.74, 6) is 0.745. The third-order valence-corrected chi connectivity index (χ3v) is 3.85. The van der Waals surface area contributed by atoms with Gasteiger partial charge in [-0.15, -0.1) is 0 Å². The topological polar surface area (TPSA) is 54.0 Å². The molecule has 118 valence electrons. The molecular weight excluding hydrogens is 298 g/mol. The van der Waals surface area contributed by atoms with Gasteiger partial charge in [0.05, 0.1) is 5.52 Å². The summed E-state index contributed by atoms with van der Waals surface area (Å²) in [7, 11) is 0. The largest absolute Gasteiger partial charge is 0.317 e. The number of amides is 1. The van der Waals surface area contributed by atoms with Crippen molar-refractivity contribution in [2.45, 2.75) is 26.7 Å². The van der Waals surface area contributed by atoms with Gasteiger partial charge in [0.1, 0.15) is 5.82 Å². The molecule has 5 heteroatoms. The maximum absolute atomic E-state index is 12.2. The molecule has 2 heterocycles. The van der Waals surface area contributed by atoms with E-state index in [0.717, 1.165) is 36.8 Å². The van der Waals surface area contributed by atoms with Gasteiger partial charge < -0.3 is 10.6 Å². The monoisotopic (exact) mass is 319 g/mol. The molecule has 1 aliphatic heterocycles. The molecule has 1 aliphatic rings. The van der Waals surface area contributed by atoms with Gasteiger partial charge in [-0.2, -0.15) is 0 Å². The van der Waals surface area contributed by atoms with Crippen LogP contribution in [0.4, 0.5) is 5.82 Å². The van der Waals surface area contributed by atoms with E-state index in [-0.39, 0.29) is 11.8 Å². The number of benzene rings is 1. The summed E-state index contributed by atoms with van der Waals surface area (Å²) in [4.78, 5) is 16.6. The minimum absolute atomic E-state index is 0.0623. The lowest BCUT2D eigenvalue weighted by atomic mass is 9.97. The Hall–Kier alpha value is -1.65. The predicted molar refractivity (Wildman–Crippen MR) is 92.3 cm³/mol. The normalized spacial score (nSPS) is 15.0. The van der Waals surface area contributed by atoms with Crippen LogP contribution in [0.2, 0.25) is 5.02 Å². The highest BCUT2D eigenvalue weighted by atomic mass is 35.5. The summed E-state index contributed by atoms with van der Waals surface area (Å²) in [6, 6.07) is 9.26. The molecule has 0 unspecified atom stereocenters. The van der Waals surface area contributed by atoms with Gasteiger partial charge in [-0.05, 0) is 56.3 Å². The van der Waals surface area contributed by atoms with Crippen LogP contribution in [0.15, 0.2) is 30.3 Å². The van der Waals surface area contributed by atoms with Crippen LogP contribution in [-0.2, 0) is 4.79 Å². The Morgan fingerprint density at radius 3 is 2.68 bits per heavy atom. The Labute approximate surface area is 136 Å². The standard InChI is InChI=1S/C15H16ClN3O.C2H6/c16-12-2-3-13-11(9-12)1-4-14(18-13)19-15(20)10-5-7-17-8-6-10;1-2/h1-4,9-10,17H,5-8H2,(H,18,19,20);1-2H3. The van der Waals surface area contributed by atoms with Crippen LogP contribution in [0, 0.1) is 5.92 Å². The highest BCUT2D eigenvalue weighted by Crippen LogP contribution is 2.20. The average molecular weight is 320 g/mol. The number of hydrogen-bond acceptors (Lipinski definition) is 3. The van der Waals surface area contributed by atoms with Crippen molar-refractivity contribution in [3.05, 3.63) is 35.4 Å². The molecule has 0 bridgehead atoms. The Morgan fingerprint density at radius 2 is 1.95 bits per heavy atom. The Balaban J connectivity index is 0.000000847. The molecule has 2 aromatic rings. The van der Waals surface area contributed by atoms with Crippen LogP contribution < -0.4 is 10.6 Å². The molecule has 3 rings (SSSR count). The molecule has 0 aliphatic carbocycles. The fraction of sp³-hybridized carbons (Fsp3) is 0.412. The Bertz CT molecular complexity index is 639. The Kier molecular flexibility index (Phi) is 6.16. The van der Waals surface area contributed by atoms with Gasteiger partial charge >= 0.3 is 0 Å². The van der Waals surface area contributed by atoms with Crippen molar-refractivity contribution in [2.24, 2.45) is 5.92 Å². The summed E-state index contributed by atoms with van der Waals surface area (Å²) in [5.41, 5.74) is 0.831. The number of carbonyl (C=O) groups excluding carboxylic acids is 1. The number of fused-ring (bicyclic) bond motifs is 1. The number of rotatable bonds is 2. The van der Waals surface area contributed by atoms with E-state index in [4.69, 9.17) is 11.6 Å². The molecule has 1 saturated heterocycles. The minimum Gasteiger partial charge on any atom is -0.317 e. The molecule has 0 radical (unpaired) electrons. The molecule has 2 N–H and O–H groups in total. The molecule has 0 atom stereocenters. The lowest BCUT2D eigenvalue weighted by Gasteiger charge is -2.21. The van der Waals surface area contributed by atoms with Crippen LogP contribution in [0.5, 0.6) is 0 Å². The van der Waals surface area contributed by atoms with E-state index in [9.17, 15) is 4.79 Å². The molecule has 1 fully saturated rings. The van der Waals surface area contributed by atoms with Crippen LogP contribution in [0.1, 0.15) is 26.7 Å². The number of pyridine rings is 1. The van der Waals surface area contributed by atoms with Crippen molar-refractivity contribution >= 4 is 34.2 Å². The number of anilines is 1. The van der Waals surface area contributed by atoms with E-state index < -0.39 is 0 Å². The first kappa shape index (κ1) is 16.7. The van der Waals surface area contributed by atoms with Crippen molar-refractivity contribution < 1.29 is 4.79 Å². The molecule has 1 amide bonds. The molecule has 1 aromatic carbocycles.